The summed E-state index contributed by atoms with van der Waals surface area (Å²) in [5, 5.41) is 1.23. The molecule has 0 amide bonds. The predicted molar refractivity (Wildman–Crippen MR) is 67.6 cm³/mol. The maximum atomic E-state index is 5.47. The lowest BCUT2D eigenvalue weighted by Crippen LogP contribution is -2.09. The predicted octanol–water partition coefficient (Wildman–Crippen LogP) is 2.28. The van der Waals surface area contributed by atoms with Crippen molar-refractivity contribution < 1.29 is 4.42 Å². The number of oxazole rings is 1. The van der Waals surface area contributed by atoms with Gasteiger partial charge >= 0.3 is 0 Å². The fourth-order valence-corrected chi connectivity index (χ4v) is 2.46. The number of nitrogens with zero attached hydrogens (tertiary/aromatic N) is 3. The van der Waals surface area contributed by atoms with Gasteiger partial charge in [0.05, 0.1) is 10.2 Å². The van der Waals surface area contributed by atoms with Crippen molar-refractivity contribution >= 4 is 33.5 Å². The minimum atomic E-state index is 0.516. The summed E-state index contributed by atoms with van der Waals surface area (Å²) < 4.78 is 6.15. The molecule has 0 aliphatic carbocycles. The van der Waals surface area contributed by atoms with Crippen LogP contribution in [0.2, 0.25) is 0 Å². The van der Waals surface area contributed by atoms with Gasteiger partial charge in [-0.3, -0.25) is 0 Å². The standard InChI is InChI=1S/C9H10BrN5OS/c1-4-5(2)16-9(14-4)17-8-6(10)7(15-11)12-3-13-8/h3H,11H2,1-2H3,(H,12,13,15). The molecule has 2 aromatic heterocycles. The lowest BCUT2D eigenvalue weighted by Gasteiger charge is -2.04. The Labute approximate surface area is 111 Å². The first-order chi connectivity index (χ1) is 8.11. The summed E-state index contributed by atoms with van der Waals surface area (Å²) in [6.07, 6.45) is 1.42. The van der Waals surface area contributed by atoms with Crippen LogP contribution in [0.15, 0.2) is 25.5 Å². The van der Waals surface area contributed by atoms with Crippen LogP contribution in [-0.4, -0.2) is 15.0 Å². The molecule has 0 aliphatic rings. The van der Waals surface area contributed by atoms with E-state index in [1.807, 2.05) is 13.8 Å². The molecule has 8 heteroatoms. The summed E-state index contributed by atoms with van der Waals surface area (Å²) in [7, 11) is 0. The number of hydrogen-bond acceptors (Lipinski definition) is 7. The van der Waals surface area contributed by atoms with Crippen LogP contribution in [0.4, 0.5) is 5.82 Å². The van der Waals surface area contributed by atoms with Gasteiger partial charge in [-0.05, 0) is 41.5 Å². The highest BCUT2D eigenvalue weighted by atomic mass is 79.9. The zero-order valence-corrected chi connectivity index (χ0v) is 11.6. The molecule has 2 heterocycles. The SMILES string of the molecule is Cc1nc(Sc2ncnc(NN)c2Br)oc1C. The molecule has 0 atom stereocenters. The van der Waals surface area contributed by atoms with Crippen molar-refractivity contribution in [2.45, 2.75) is 24.1 Å². The zero-order chi connectivity index (χ0) is 12.4. The van der Waals surface area contributed by atoms with E-state index in [4.69, 9.17) is 10.3 Å². The number of rotatable bonds is 3. The lowest BCUT2D eigenvalue weighted by molar-refractivity contribution is 0.431. The van der Waals surface area contributed by atoms with E-state index in [0.29, 0.717) is 20.5 Å². The van der Waals surface area contributed by atoms with Crippen LogP contribution in [-0.2, 0) is 0 Å². The van der Waals surface area contributed by atoms with Crippen LogP contribution in [0, 0.1) is 13.8 Å². The highest BCUT2D eigenvalue weighted by Gasteiger charge is 2.13. The second-order valence-corrected chi connectivity index (χ2v) is 4.94. The van der Waals surface area contributed by atoms with Crippen LogP contribution in [0.25, 0.3) is 0 Å². The molecule has 6 nitrogen and oxygen atoms in total. The largest absolute Gasteiger partial charge is 0.436 e. The topological polar surface area (TPSA) is 89.9 Å². The first kappa shape index (κ1) is 12.3. The van der Waals surface area contributed by atoms with Crippen molar-refractivity contribution in [2.75, 3.05) is 5.43 Å². The summed E-state index contributed by atoms with van der Waals surface area (Å²) in [4.78, 5) is 12.4. The molecule has 0 unspecified atom stereocenters. The van der Waals surface area contributed by atoms with E-state index >= 15 is 0 Å². The Kier molecular flexibility index (Phi) is 3.65. The summed E-state index contributed by atoms with van der Waals surface area (Å²) >= 11 is 4.67. The van der Waals surface area contributed by atoms with Gasteiger partial charge in [0.2, 0.25) is 0 Å². The Morgan fingerprint density at radius 2 is 2.18 bits per heavy atom. The van der Waals surface area contributed by atoms with Gasteiger partial charge in [-0.1, -0.05) is 0 Å². The van der Waals surface area contributed by atoms with Gasteiger partial charge in [0.15, 0.2) is 5.82 Å². The number of anilines is 1. The van der Waals surface area contributed by atoms with E-state index in [1.165, 1.54) is 18.1 Å². The van der Waals surface area contributed by atoms with Crippen molar-refractivity contribution in [3.8, 4) is 0 Å². The van der Waals surface area contributed by atoms with E-state index < -0.39 is 0 Å². The average Bonchev–Trinajstić information content (AvgIpc) is 2.61. The van der Waals surface area contributed by atoms with Gasteiger partial charge in [0.1, 0.15) is 17.1 Å². The maximum Gasteiger partial charge on any atom is 0.262 e. The van der Waals surface area contributed by atoms with Crippen LogP contribution in [0.1, 0.15) is 11.5 Å². The molecule has 3 N–H and O–H groups in total. The quantitative estimate of drug-likeness (QED) is 0.510. The minimum absolute atomic E-state index is 0.516. The molecule has 2 rings (SSSR count). The summed E-state index contributed by atoms with van der Waals surface area (Å²) in [6, 6.07) is 0. The molecule has 0 aromatic carbocycles. The van der Waals surface area contributed by atoms with Crippen LogP contribution in [0.3, 0.4) is 0 Å². The average molecular weight is 316 g/mol. The Hall–Kier alpha value is -1.12. The van der Waals surface area contributed by atoms with E-state index in [-0.39, 0.29) is 0 Å². The van der Waals surface area contributed by atoms with Crippen LogP contribution < -0.4 is 11.3 Å². The van der Waals surface area contributed by atoms with Crippen molar-refractivity contribution in [2.24, 2.45) is 5.84 Å². The van der Waals surface area contributed by atoms with Gasteiger partial charge in [-0.25, -0.2) is 20.8 Å². The van der Waals surface area contributed by atoms with Crippen LogP contribution in [0.5, 0.6) is 0 Å². The van der Waals surface area contributed by atoms with Gasteiger partial charge in [-0.15, -0.1) is 0 Å². The Morgan fingerprint density at radius 3 is 2.76 bits per heavy atom. The minimum Gasteiger partial charge on any atom is -0.436 e. The third-order valence-electron chi connectivity index (χ3n) is 2.09. The molecular weight excluding hydrogens is 306 g/mol. The fourth-order valence-electron chi connectivity index (χ4n) is 1.10. The lowest BCUT2D eigenvalue weighted by atomic mass is 10.4. The summed E-state index contributed by atoms with van der Waals surface area (Å²) in [5.41, 5.74) is 3.35. The molecule has 0 fully saturated rings. The number of aryl methyl sites for hydroxylation is 2. The highest BCUT2D eigenvalue weighted by molar-refractivity contribution is 9.10. The third-order valence-corrected chi connectivity index (χ3v) is 3.95. The number of halogens is 1. The van der Waals surface area contributed by atoms with Crippen molar-refractivity contribution in [1.82, 2.24) is 15.0 Å². The molecule has 0 radical (unpaired) electrons. The maximum absolute atomic E-state index is 5.47. The first-order valence-electron chi connectivity index (χ1n) is 4.70. The summed E-state index contributed by atoms with van der Waals surface area (Å²) in [5.74, 6) is 6.64. The zero-order valence-electron chi connectivity index (χ0n) is 9.19. The van der Waals surface area contributed by atoms with Gasteiger partial charge < -0.3 is 9.84 Å². The van der Waals surface area contributed by atoms with Gasteiger partial charge in [0, 0.05) is 0 Å². The van der Waals surface area contributed by atoms with Crippen molar-refractivity contribution in [1.29, 1.82) is 0 Å². The van der Waals surface area contributed by atoms with Crippen molar-refractivity contribution in [3.05, 3.63) is 22.3 Å². The van der Waals surface area contributed by atoms with E-state index in [9.17, 15) is 0 Å². The number of aromatic nitrogens is 3. The molecule has 0 spiro atoms. The number of nitrogens with one attached hydrogen (secondary N) is 1. The van der Waals surface area contributed by atoms with Gasteiger partial charge in [0.25, 0.3) is 5.22 Å². The molecule has 0 bridgehead atoms. The number of hydrazine groups is 1. The van der Waals surface area contributed by atoms with Crippen LogP contribution >= 0.6 is 27.7 Å². The van der Waals surface area contributed by atoms with E-state index in [2.05, 4.69) is 36.3 Å². The molecular formula is C9H10BrN5OS. The van der Waals surface area contributed by atoms with E-state index in [0.717, 1.165) is 11.5 Å². The molecule has 0 aliphatic heterocycles. The Morgan fingerprint density at radius 1 is 1.41 bits per heavy atom. The monoisotopic (exact) mass is 315 g/mol. The molecule has 90 valence electrons. The fraction of sp³-hybridized carbons (Fsp3) is 0.222. The first-order valence-corrected chi connectivity index (χ1v) is 6.31. The van der Waals surface area contributed by atoms with E-state index in [1.54, 1.807) is 0 Å². The number of nitrogens with two attached hydrogens (primary N) is 1. The smallest absolute Gasteiger partial charge is 0.262 e. The normalized spacial score (nSPS) is 10.6. The Balaban J connectivity index is 2.30. The molecule has 0 saturated heterocycles. The highest BCUT2D eigenvalue weighted by Crippen LogP contribution is 2.34. The van der Waals surface area contributed by atoms with Crippen molar-refractivity contribution in [3.63, 3.8) is 0 Å². The third kappa shape index (κ3) is 2.59. The van der Waals surface area contributed by atoms with Gasteiger partial charge in [-0.2, -0.15) is 0 Å². The summed E-state index contributed by atoms with van der Waals surface area (Å²) in [6.45, 7) is 3.76. The molecule has 2 aromatic rings. The molecule has 0 saturated carbocycles. The second kappa shape index (κ2) is 5.03. The Bertz CT molecular complexity index is 525. The number of nitrogen functional groups attached to an aromatic ring is 1. The number of hydrogen-bond donors (Lipinski definition) is 2. The second-order valence-electron chi connectivity index (χ2n) is 3.21. The molecule has 17 heavy (non-hydrogen) atoms.